The topological polar surface area (TPSA) is 91.3 Å². The Bertz CT molecular complexity index is 519. The van der Waals surface area contributed by atoms with Gasteiger partial charge in [-0.25, -0.2) is 0 Å². The fourth-order valence-electron chi connectivity index (χ4n) is 3.00. The zero-order chi connectivity index (χ0) is 13.4. The Balaban J connectivity index is 0.00000147. The Kier molecular flexibility index (Phi) is 4.29. The average Bonchev–Trinajstić information content (AvgIpc) is 3.06. The largest absolute Gasteiger partial charge is 0.351 e. The molecule has 1 amide bonds. The van der Waals surface area contributed by atoms with Crippen molar-refractivity contribution in [2.24, 2.45) is 11.8 Å². The molecule has 8 heteroatoms. The van der Waals surface area contributed by atoms with Crippen molar-refractivity contribution >= 4 is 24.0 Å². The molecule has 2 atom stereocenters. The molecule has 7 nitrogen and oxygen atoms in total. The van der Waals surface area contributed by atoms with Crippen LogP contribution in [0.5, 0.6) is 0 Å². The van der Waals surface area contributed by atoms with Crippen molar-refractivity contribution < 1.29 is 9.72 Å². The molecule has 2 unspecified atom stereocenters. The minimum atomic E-state index is -0.500. The summed E-state index contributed by atoms with van der Waals surface area (Å²) in [5, 5.41) is 14.0. The number of hydrogen-bond acceptors (Lipinski definition) is 4. The van der Waals surface area contributed by atoms with Gasteiger partial charge in [-0.2, -0.15) is 0 Å². The molecule has 20 heavy (non-hydrogen) atoms. The molecular formula is C12H17ClN4O3. The first-order chi connectivity index (χ1) is 9.15. The number of amides is 1. The second-order valence-corrected chi connectivity index (χ2v) is 5.25. The molecule has 3 rings (SSSR count). The lowest BCUT2D eigenvalue weighted by atomic mass is 9.88. The van der Waals surface area contributed by atoms with E-state index in [2.05, 4.69) is 10.3 Å². The van der Waals surface area contributed by atoms with E-state index in [4.69, 9.17) is 0 Å². The molecule has 0 bridgehead atoms. The molecule has 2 N–H and O–H groups in total. The Morgan fingerprint density at radius 3 is 2.85 bits per heavy atom. The van der Waals surface area contributed by atoms with Crippen LogP contribution < -0.4 is 5.32 Å². The molecule has 0 aliphatic carbocycles. The van der Waals surface area contributed by atoms with E-state index in [-0.39, 0.29) is 24.0 Å². The predicted molar refractivity (Wildman–Crippen MR) is 75.1 cm³/mol. The van der Waals surface area contributed by atoms with E-state index in [1.54, 1.807) is 4.90 Å². The van der Waals surface area contributed by atoms with Crippen LogP contribution in [0, 0.1) is 22.0 Å². The summed E-state index contributed by atoms with van der Waals surface area (Å²) in [6, 6.07) is 1.31. The number of fused-ring (bicyclic) bond motifs is 1. The van der Waals surface area contributed by atoms with E-state index in [1.165, 1.54) is 12.3 Å². The Morgan fingerprint density at radius 1 is 1.40 bits per heavy atom. The van der Waals surface area contributed by atoms with Gasteiger partial charge in [0.15, 0.2) is 0 Å². The zero-order valence-corrected chi connectivity index (χ0v) is 11.7. The summed E-state index contributed by atoms with van der Waals surface area (Å²) < 4.78 is 0. The third-order valence-electron chi connectivity index (χ3n) is 4.10. The number of aromatic nitrogens is 1. The van der Waals surface area contributed by atoms with Crippen molar-refractivity contribution in [3.63, 3.8) is 0 Å². The number of H-pyrrole nitrogens is 1. The van der Waals surface area contributed by atoms with E-state index < -0.39 is 4.92 Å². The van der Waals surface area contributed by atoms with E-state index in [9.17, 15) is 14.9 Å². The number of aromatic amines is 1. The van der Waals surface area contributed by atoms with Crippen molar-refractivity contribution in [2.75, 3.05) is 26.2 Å². The van der Waals surface area contributed by atoms with Gasteiger partial charge >= 0.3 is 0 Å². The molecule has 1 aromatic heterocycles. The quantitative estimate of drug-likeness (QED) is 0.630. The van der Waals surface area contributed by atoms with Crippen molar-refractivity contribution in [1.82, 2.24) is 15.2 Å². The molecule has 2 aliphatic rings. The van der Waals surface area contributed by atoms with Gasteiger partial charge in [-0.05, 0) is 31.3 Å². The van der Waals surface area contributed by atoms with Crippen LogP contribution >= 0.6 is 12.4 Å². The second-order valence-electron chi connectivity index (χ2n) is 5.25. The maximum atomic E-state index is 12.3. The number of piperidine rings is 1. The van der Waals surface area contributed by atoms with Gasteiger partial charge in [0, 0.05) is 19.2 Å². The molecule has 2 aliphatic heterocycles. The van der Waals surface area contributed by atoms with Crippen molar-refractivity contribution in [3.8, 4) is 0 Å². The van der Waals surface area contributed by atoms with Gasteiger partial charge in [0.25, 0.3) is 11.6 Å². The smallest absolute Gasteiger partial charge is 0.287 e. The highest BCUT2D eigenvalue weighted by Gasteiger charge is 2.35. The molecular weight excluding hydrogens is 284 g/mol. The van der Waals surface area contributed by atoms with Crippen molar-refractivity contribution in [2.45, 2.75) is 6.42 Å². The third kappa shape index (κ3) is 2.64. The summed E-state index contributed by atoms with van der Waals surface area (Å²) in [5.41, 5.74) is 0.233. The normalized spacial score (nSPS) is 24.9. The van der Waals surface area contributed by atoms with Crippen LogP contribution in [0.1, 0.15) is 16.9 Å². The number of carbonyl (C=O) groups is 1. The van der Waals surface area contributed by atoms with Crippen LogP contribution in [0.15, 0.2) is 12.3 Å². The van der Waals surface area contributed by atoms with E-state index in [1.807, 2.05) is 0 Å². The van der Waals surface area contributed by atoms with Gasteiger partial charge in [0.05, 0.1) is 11.1 Å². The summed E-state index contributed by atoms with van der Waals surface area (Å²) in [6.45, 7) is 3.47. The number of carbonyl (C=O) groups excluding carboxylic acids is 1. The highest BCUT2D eigenvalue weighted by Crippen LogP contribution is 2.27. The maximum Gasteiger partial charge on any atom is 0.287 e. The molecule has 0 spiro atoms. The highest BCUT2D eigenvalue weighted by atomic mass is 35.5. The summed E-state index contributed by atoms with van der Waals surface area (Å²) in [6.07, 6.45) is 2.27. The fourth-order valence-corrected chi connectivity index (χ4v) is 3.00. The van der Waals surface area contributed by atoms with Crippen LogP contribution in [0.2, 0.25) is 0 Å². The van der Waals surface area contributed by atoms with Gasteiger partial charge in [0.2, 0.25) is 0 Å². The first kappa shape index (κ1) is 14.8. The molecule has 1 aromatic rings. The summed E-state index contributed by atoms with van der Waals surface area (Å²) in [5.74, 6) is 1.04. The standard InChI is InChI=1S/C12H16N4O3.ClH/c17-12(11-3-10(6-14-11)16(18)19)15-2-1-8-4-13-5-9(8)7-15;/h3,6,8-9,13-14H,1-2,4-5,7H2;1H. The van der Waals surface area contributed by atoms with Crippen molar-refractivity contribution in [1.29, 1.82) is 0 Å². The van der Waals surface area contributed by atoms with Crippen LogP contribution in [0.3, 0.4) is 0 Å². The van der Waals surface area contributed by atoms with Crippen molar-refractivity contribution in [3.05, 3.63) is 28.1 Å². The summed E-state index contributed by atoms with van der Waals surface area (Å²) in [7, 11) is 0. The molecule has 0 saturated carbocycles. The van der Waals surface area contributed by atoms with Crippen LogP contribution in [0.4, 0.5) is 5.69 Å². The molecule has 2 saturated heterocycles. The third-order valence-corrected chi connectivity index (χ3v) is 4.10. The zero-order valence-electron chi connectivity index (χ0n) is 10.9. The maximum absolute atomic E-state index is 12.3. The van der Waals surface area contributed by atoms with E-state index >= 15 is 0 Å². The van der Waals surface area contributed by atoms with Gasteiger partial charge < -0.3 is 15.2 Å². The number of rotatable bonds is 2. The minimum Gasteiger partial charge on any atom is -0.351 e. The monoisotopic (exact) mass is 300 g/mol. The Labute approximate surface area is 122 Å². The number of nitro groups is 1. The number of nitrogens with zero attached hydrogens (tertiary/aromatic N) is 2. The second kappa shape index (κ2) is 5.80. The number of nitrogens with one attached hydrogen (secondary N) is 2. The predicted octanol–water partition coefficient (Wildman–Crippen LogP) is 1.03. The summed E-state index contributed by atoms with van der Waals surface area (Å²) >= 11 is 0. The number of halogens is 1. The Morgan fingerprint density at radius 2 is 2.15 bits per heavy atom. The van der Waals surface area contributed by atoms with Crippen LogP contribution in [-0.2, 0) is 0 Å². The summed E-state index contributed by atoms with van der Waals surface area (Å²) in [4.78, 5) is 26.9. The molecule has 3 heterocycles. The van der Waals surface area contributed by atoms with Gasteiger partial charge in [-0.3, -0.25) is 14.9 Å². The lowest BCUT2D eigenvalue weighted by Gasteiger charge is -2.34. The fraction of sp³-hybridized carbons (Fsp3) is 0.583. The molecule has 2 fully saturated rings. The van der Waals surface area contributed by atoms with E-state index in [0.717, 1.165) is 32.6 Å². The highest BCUT2D eigenvalue weighted by molar-refractivity contribution is 5.93. The first-order valence-corrected chi connectivity index (χ1v) is 6.48. The average molecular weight is 301 g/mol. The van der Waals surface area contributed by atoms with Crippen LogP contribution in [0.25, 0.3) is 0 Å². The number of likely N-dealkylation sites (tertiary alicyclic amines) is 1. The molecule has 0 aromatic carbocycles. The van der Waals surface area contributed by atoms with Gasteiger partial charge in [-0.15, -0.1) is 12.4 Å². The lowest BCUT2D eigenvalue weighted by molar-refractivity contribution is -0.384. The van der Waals surface area contributed by atoms with E-state index in [0.29, 0.717) is 17.5 Å². The van der Waals surface area contributed by atoms with Gasteiger partial charge in [-0.1, -0.05) is 0 Å². The molecule has 0 radical (unpaired) electrons. The van der Waals surface area contributed by atoms with Crippen LogP contribution in [-0.4, -0.2) is 46.9 Å². The molecule has 110 valence electrons. The van der Waals surface area contributed by atoms with Gasteiger partial charge in [0.1, 0.15) is 5.69 Å². The lowest BCUT2D eigenvalue weighted by Crippen LogP contribution is -2.43. The Hall–Kier alpha value is -1.60. The SMILES string of the molecule is Cl.O=C(c1cc([N+](=O)[O-])c[nH]1)N1CCC2CNCC2C1. The number of hydrogen-bond donors (Lipinski definition) is 2. The minimum absolute atomic E-state index is 0. The first-order valence-electron chi connectivity index (χ1n) is 6.48.